The fraction of sp³-hybridized carbons (Fsp3) is 1.00. The third kappa shape index (κ3) is 9.86. The Hall–Kier alpha value is -0.220. The summed E-state index contributed by atoms with van der Waals surface area (Å²) in [6.45, 7) is 7.00. The molecule has 1 rings (SSSR count). The first-order valence-electron chi connectivity index (χ1n) is 5.19. The van der Waals surface area contributed by atoms with Gasteiger partial charge < -0.3 is 10.0 Å². The van der Waals surface area contributed by atoms with Crippen molar-refractivity contribution in [2.45, 2.75) is 39.5 Å². The number of halogens is 2. The predicted molar refractivity (Wildman–Crippen MR) is 55.8 cm³/mol. The Morgan fingerprint density at radius 3 is 1.71 bits per heavy atom. The van der Waals surface area contributed by atoms with Crippen LogP contribution in [0.4, 0.5) is 8.78 Å². The lowest BCUT2D eigenvalue weighted by molar-refractivity contribution is -0.0504. The van der Waals surface area contributed by atoms with Gasteiger partial charge in [0, 0.05) is 32.5 Å². The van der Waals surface area contributed by atoms with Gasteiger partial charge in [0.2, 0.25) is 0 Å². The van der Waals surface area contributed by atoms with E-state index in [4.69, 9.17) is 5.11 Å². The quantitative estimate of drug-likeness (QED) is 0.665. The summed E-state index contributed by atoms with van der Waals surface area (Å²) in [5.74, 6) is -2.38. The minimum atomic E-state index is -2.38. The summed E-state index contributed by atoms with van der Waals surface area (Å²) in [6.07, 6.45) is 0.0625. The zero-order valence-electron chi connectivity index (χ0n) is 9.69. The van der Waals surface area contributed by atoms with Crippen LogP contribution in [0.2, 0.25) is 0 Å². The number of nitrogens with zero attached hydrogens (tertiary/aromatic N) is 1. The number of hydrogen-bond donors (Lipinski definition) is 1. The van der Waals surface area contributed by atoms with Gasteiger partial charge in [-0.1, -0.05) is 13.8 Å². The Bertz CT molecular complexity index is 111. The highest BCUT2D eigenvalue weighted by Crippen LogP contribution is 2.26. The lowest BCUT2D eigenvalue weighted by Crippen LogP contribution is -2.36. The monoisotopic (exact) mass is 211 g/mol. The van der Waals surface area contributed by atoms with E-state index in [1.807, 2.05) is 25.8 Å². The molecule has 0 aliphatic carbocycles. The summed E-state index contributed by atoms with van der Waals surface area (Å²) in [5.41, 5.74) is 0. The highest BCUT2D eigenvalue weighted by Gasteiger charge is 2.32. The molecule has 0 radical (unpaired) electrons. The van der Waals surface area contributed by atoms with Crippen LogP contribution < -0.4 is 0 Å². The van der Waals surface area contributed by atoms with Gasteiger partial charge in [0.05, 0.1) is 0 Å². The van der Waals surface area contributed by atoms with Crippen LogP contribution in [-0.4, -0.2) is 42.7 Å². The van der Waals surface area contributed by atoms with Gasteiger partial charge in [0.25, 0.3) is 5.92 Å². The first kappa shape index (κ1) is 16.2. The Balaban J connectivity index is 0. The molecule has 0 spiro atoms. The molecular weight excluding hydrogens is 188 g/mol. The maximum atomic E-state index is 12.4. The minimum absolute atomic E-state index is 0.0312. The van der Waals surface area contributed by atoms with E-state index in [1.54, 1.807) is 6.92 Å². The molecule has 0 bridgehead atoms. The first-order valence-corrected chi connectivity index (χ1v) is 5.19. The van der Waals surface area contributed by atoms with Gasteiger partial charge in [-0.2, -0.15) is 0 Å². The molecule has 0 aromatic carbocycles. The summed E-state index contributed by atoms with van der Waals surface area (Å²) in [7, 11) is 1.87. The van der Waals surface area contributed by atoms with E-state index in [0.29, 0.717) is 13.1 Å². The van der Waals surface area contributed by atoms with Crippen LogP contribution in [0.5, 0.6) is 0 Å². The molecule has 2 nitrogen and oxygen atoms in total. The summed E-state index contributed by atoms with van der Waals surface area (Å²) >= 11 is 0. The van der Waals surface area contributed by atoms with Gasteiger partial charge in [-0.25, -0.2) is 8.78 Å². The number of aliphatic hydroxyl groups is 1. The predicted octanol–water partition coefficient (Wildman–Crippen LogP) is 2.37. The van der Waals surface area contributed by atoms with Crippen LogP contribution in [0, 0.1) is 0 Å². The molecule has 1 aliphatic rings. The molecule has 14 heavy (non-hydrogen) atoms. The van der Waals surface area contributed by atoms with Crippen LogP contribution in [0.3, 0.4) is 0 Å². The lowest BCUT2D eigenvalue weighted by Gasteiger charge is -2.28. The van der Waals surface area contributed by atoms with Crippen LogP contribution in [-0.2, 0) is 0 Å². The number of hydrogen-bond acceptors (Lipinski definition) is 2. The molecule has 88 valence electrons. The van der Waals surface area contributed by atoms with Crippen molar-refractivity contribution < 1.29 is 13.9 Å². The number of piperidine rings is 1. The molecule has 1 heterocycles. The third-order valence-corrected chi connectivity index (χ3v) is 1.72. The molecule has 0 unspecified atom stereocenters. The Labute approximate surface area is 85.9 Å². The summed E-state index contributed by atoms with van der Waals surface area (Å²) in [4.78, 5) is 1.93. The molecule has 0 aromatic heterocycles. The summed E-state index contributed by atoms with van der Waals surface area (Å²) in [6, 6.07) is 0. The number of aliphatic hydroxyl groups excluding tert-OH is 1. The maximum absolute atomic E-state index is 12.4. The van der Waals surface area contributed by atoms with Crippen molar-refractivity contribution in [1.82, 2.24) is 4.90 Å². The fourth-order valence-corrected chi connectivity index (χ4v) is 0.946. The fourth-order valence-electron chi connectivity index (χ4n) is 0.946. The van der Waals surface area contributed by atoms with E-state index in [-0.39, 0.29) is 19.4 Å². The van der Waals surface area contributed by atoms with Crippen molar-refractivity contribution in [2.24, 2.45) is 0 Å². The average molecular weight is 211 g/mol. The Morgan fingerprint density at radius 1 is 1.21 bits per heavy atom. The van der Waals surface area contributed by atoms with Gasteiger partial charge in [-0.3, -0.25) is 0 Å². The average Bonchev–Trinajstić information content (AvgIpc) is 2.15. The van der Waals surface area contributed by atoms with Gasteiger partial charge >= 0.3 is 0 Å². The second-order valence-electron chi connectivity index (χ2n) is 2.98. The van der Waals surface area contributed by atoms with Crippen molar-refractivity contribution in [2.75, 3.05) is 26.7 Å². The molecule has 4 heteroatoms. The van der Waals surface area contributed by atoms with E-state index in [9.17, 15) is 8.78 Å². The largest absolute Gasteiger partial charge is 0.397 e. The van der Waals surface area contributed by atoms with Crippen molar-refractivity contribution in [3.63, 3.8) is 0 Å². The zero-order valence-corrected chi connectivity index (χ0v) is 9.69. The topological polar surface area (TPSA) is 23.5 Å². The van der Waals surface area contributed by atoms with Gasteiger partial charge in [0.15, 0.2) is 0 Å². The standard InChI is InChI=1S/C6H11F2N.C2H6O.C2H6/c1-9-4-2-6(7,8)3-5-9;1-2-3;1-2/h2-5H2,1H3;3H,2H2,1H3;1-2H3. The van der Waals surface area contributed by atoms with E-state index in [1.165, 1.54) is 0 Å². The number of alkyl halides is 2. The molecule has 0 atom stereocenters. The van der Waals surface area contributed by atoms with Crippen molar-refractivity contribution in [1.29, 1.82) is 0 Å². The number of rotatable bonds is 0. The molecule has 0 saturated carbocycles. The second-order valence-corrected chi connectivity index (χ2v) is 2.98. The SMILES string of the molecule is CC.CCO.CN1CCC(F)(F)CC1. The highest BCUT2D eigenvalue weighted by atomic mass is 19.3. The van der Waals surface area contributed by atoms with Crippen LogP contribution in [0.15, 0.2) is 0 Å². The van der Waals surface area contributed by atoms with E-state index in [0.717, 1.165) is 0 Å². The molecular formula is C10H23F2NO. The third-order valence-electron chi connectivity index (χ3n) is 1.72. The molecule has 1 saturated heterocycles. The van der Waals surface area contributed by atoms with Crippen molar-refractivity contribution >= 4 is 0 Å². The number of likely N-dealkylation sites (tertiary alicyclic amines) is 1. The van der Waals surface area contributed by atoms with Gasteiger partial charge in [0.1, 0.15) is 0 Å². The lowest BCUT2D eigenvalue weighted by atomic mass is 10.1. The maximum Gasteiger partial charge on any atom is 0.250 e. The zero-order chi connectivity index (χ0) is 11.6. The van der Waals surface area contributed by atoms with Crippen LogP contribution >= 0.6 is 0 Å². The second kappa shape index (κ2) is 9.34. The Kier molecular flexibility index (Phi) is 10.8. The molecule has 1 fully saturated rings. The van der Waals surface area contributed by atoms with Gasteiger partial charge in [-0.15, -0.1) is 0 Å². The molecule has 1 aliphatic heterocycles. The van der Waals surface area contributed by atoms with E-state index >= 15 is 0 Å². The van der Waals surface area contributed by atoms with Gasteiger partial charge in [-0.05, 0) is 14.0 Å². The van der Waals surface area contributed by atoms with E-state index in [2.05, 4.69) is 0 Å². The molecule has 0 aromatic rings. The van der Waals surface area contributed by atoms with Crippen molar-refractivity contribution in [3.8, 4) is 0 Å². The summed E-state index contributed by atoms with van der Waals surface area (Å²) in [5, 5.41) is 7.57. The summed E-state index contributed by atoms with van der Waals surface area (Å²) < 4.78 is 24.7. The molecule has 1 N–H and O–H groups in total. The first-order chi connectivity index (χ1) is 6.52. The van der Waals surface area contributed by atoms with E-state index < -0.39 is 5.92 Å². The normalized spacial score (nSPS) is 19.9. The minimum Gasteiger partial charge on any atom is -0.397 e. The van der Waals surface area contributed by atoms with Crippen LogP contribution in [0.25, 0.3) is 0 Å². The smallest absolute Gasteiger partial charge is 0.250 e. The van der Waals surface area contributed by atoms with Crippen LogP contribution in [0.1, 0.15) is 33.6 Å². The highest BCUT2D eigenvalue weighted by molar-refractivity contribution is 4.75. The van der Waals surface area contributed by atoms with Crippen molar-refractivity contribution in [3.05, 3.63) is 0 Å². The molecule has 0 amide bonds. The Morgan fingerprint density at radius 2 is 1.50 bits per heavy atom.